The van der Waals surface area contributed by atoms with E-state index in [-0.39, 0.29) is 22.9 Å². The molecular formula is C17H15F3N2O4S2. The van der Waals surface area contributed by atoms with Crippen LogP contribution in [0.25, 0.3) is 21.3 Å². The summed E-state index contributed by atoms with van der Waals surface area (Å²) in [6, 6.07) is 6.61. The van der Waals surface area contributed by atoms with Crippen molar-refractivity contribution in [2.24, 2.45) is 0 Å². The fourth-order valence-corrected chi connectivity index (χ4v) is 4.36. The molecule has 0 aliphatic carbocycles. The normalized spacial score (nSPS) is 18.5. The van der Waals surface area contributed by atoms with E-state index in [0.29, 0.717) is 23.4 Å². The van der Waals surface area contributed by atoms with Gasteiger partial charge in [-0.3, -0.25) is 0 Å². The van der Waals surface area contributed by atoms with Crippen molar-refractivity contribution >= 4 is 32.4 Å². The molecule has 0 saturated carbocycles. The lowest BCUT2D eigenvalue weighted by molar-refractivity contribution is -0.0499. The topological polar surface area (TPSA) is 70.4 Å². The van der Waals surface area contributed by atoms with Crippen LogP contribution >= 0.6 is 11.3 Å². The van der Waals surface area contributed by atoms with Gasteiger partial charge in [0, 0.05) is 17.0 Å². The molecule has 1 saturated heterocycles. The van der Waals surface area contributed by atoms with E-state index in [1.54, 1.807) is 28.3 Å². The molecule has 6 nitrogen and oxygen atoms in total. The lowest BCUT2D eigenvalue weighted by Crippen LogP contribution is -2.28. The summed E-state index contributed by atoms with van der Waals surface area (Å²) in [5, 5.41) is 6.14. The number of aromatic nitrogens is 2. The van der Waals surface area contributed by atoms with Crippen molar-refractivity contribution in [3.63, 3.8) is 0 Å². The predicted octanol–water partition coefficient (Wildman–Crippen LogP) is 4.69. The maximum absolute atomic E-state index is 12.9. The van der Waals surface area contributed by atoms with Crippen LogP contribution in [-0.4, -0.2) is 30.3 Å². The Bertz CT molecular complexity index is 1090. The molecule has 1 aliphatic rings. The first kappa shape index (κ1) is 19.2. The van der Waals surface area contributed by atoms with Crippen LogP contribution in [0.4, 0.5) is 13.2 Å². The summed E-state index contributed by atoms with van der Waals surface area (Å²) in [7, 11) is -5.84. The van der Waals surface area contributed by atoms with Crippen molar-refractivity contribution in [2.75, 3.05) is 6.61 Å². The minimum absolute atomic E-state index is 0.174. The zero-order valence-electron chi connectivity index (χ0n) is 14.3. The number of rotatable bonds is 4. The van der Waals surface area contributed by atoms with Crippen LogP contribution in [-0.2, 0) is 14.9 Å². The highest BCUT2D eigenvalue weighted by molar-refractivity contribution is 7.88. The Morgan fingerprint density at radius 1 is 1.25 bits per heavy atom. The number of nitrogens with zero attached hydrogens (tertiary/aromatic N) is 2. The van der Waals surface area contributed by atoms with Gasteiger partial charge in [0.25, 0.3) is 0 Å². The number of halogens is 3. The molecule has 1 unspecified atom stereocenters. The fourth-order valence-electron chi connectivity index (χ4n) is 3.11. The third-order valence-corrected chi connectivity index (χ3v) is 6.28. The van der Waals surface area contributed by atoms with E-state index in [2.05, 4.69) is 9.28 Å². The van der Waals surface area contributed by atoms with Crippen LogP contribution in [0.3, 0.4) is 0 Å². The summed E-state index contributed by atoms with van der Waals surface area (Å²) in [4.78, 5) is 0.580. The number of fused-ring (bicyclic) bond motifs is 1. The predicted molar refractivity (Wildman–Crippen MR) is 97.5 cm³/mol. The molecular weight excluding hydrogens is 417 g/mol. The summed E-state index contributed by atoms with van der Waals surface area (Å²) >= 11 is 1.26. The first-order valence-corrected chi connectivity index (χ1v) is 10.7. The second-order valence-electron chi connectivity index (χ2n) is 6.25. The Labute approximate surface area is 162 Å². The monoisotopic (exact) mass is 432 g/mol. The Kier molecular flexibility index (Phi) is 4.84. The lowest BCUT2D eigenvalue weighted by atomic mass is 10.1. The van der Waals surface area contributed by atoms with E-state index in [0.717, 1.165) is 12.8 Å². The second-order valence-corrected chi connectivity index (χ2v) is 8.73. The zero-order valence-corrected chi connectivity index (χ0v) is 16.0. The number of hydrogen-bond acceptors (Lipinski definition) is 6. The molecule has 0 bridgehead atoms. The van der Waals surface area contributed by atoms with Gasteiger partial charge in [-0.2, -0.15) is 26.7 Å². The van der Waals surface area contributed by atoms with Crippen molar-refractivity contribution in [2.45, 2.75) is 31.0 Å². The first-order chi connectivity index (χ1) is 13.3. The molecule has 3 heterocycles. The van der Waals surface area contributed by atoms with Gasteiger partial charge in [-0.05, 0) is 42.8 Å². The number of benzene rings is 1. The smallest absolute Gasteiger partial charge is 0.375 e. The molecule has 11 heteroatoms. The molecule has 1 aliphatic heterocycles. The largest absolute Gasteiger partial charge is 0.534 e. The second kappa shape index (κ2) is 7.05. The van der Waals surface area contributed by atoms with Gasteiger partial charge < -0.3 is 8.92 Å². The van der Waals surface area contributed by atoms with Crippen molar-refractivity contribution in [1.82, 2.24) is 9.78 Å². The van der Waals surface area contributed by atoms with Gasteiger partial charge in [-0.1, -0.05) is 6.07 Å². The van der Waals surface area contributed by atoms with Crippen LogP contribution < -0.4 is 4.18 Å². The SMILES string of the molecule is O=S(=O)(Oc1c(-c2cccs2)ccc2c1cnn2C1CCCCO1)C(F)(F)F. The number of hydrogen-bond donors (Lipinski definition) is 0. The molecule has 3 aromatic rings. The third-order valence-electron chi connectivity index (χ3n) is 4.42. The lowest BCUT2D eigenvalue weighted by Gasteiger charge is -2.23. The number of ether oxygens (including phenoxy) is 1. The Morgan fingerprint density at radius 2 is 2.07 bits per heavy atom. The molecule has 0 amide bonds. The molecule has 2 aromatic heterocycles. The summed E-state index contributed by atoms with van der Waals surface area (Å²) in [6.45, 7) is 0.561. The number of alkyl halides is 3. The van der Waals surface area contributed by atoms with Crippen LogP contribution in [0.1, 0.15) is 25.5 Å². The molecule has 150 valence electrons. The standard InChI is InChI=1S/C17H15F3N2O4S2/c18-17(19,20)28(23,24)26-16-11(14-4-3-9-27-14)6-7-13-12(16)10-21-22(13)15-5-1-2-8-25-15/h3-4,6-7,9-10,15H,1-2,5,8H2. The van der Waals surface area contributed by atoms with E-state index >= 15 is 0 Å². The van der Waals surface area contributed by atoms with Crippen LogP contribution in [0, 0.1) is 0 Å². The van der Waals surface area contributed by atoms with Crippen LogP contribution in [0.15, 0.2) is 35.8 Å². The Balaban J connectivity index is 1.88. The van der Waals surface area contributed by atoms with E-state index in [4.69, 9.17) is 4.74 Å². The van der Waals surface area contributed by atoms with Gasteiger partial charge in [0.05, 0.1) is 17.1 Å². The first-order valence-electron chi connectivity index (χ1n) is 8.44. The molecule has 0 radical (unpaired) electrons. The van der Waals surface area contributed by atoms with E-state index < -0.39 is 15.6 Å². The van der Waals surface area contributed by atoms with Crippen molar-refractivity contribution in [1.29, 1.82) is 0 Å². The molecule has 0 spiro atoms. The summed E-state index contributed by atoms with van der Waals surface area (Å²) < 4.78 is 74.1. The average Bonchev–Trinajstić information content (AvgIpc) is 3.31. The minimum atomic E-state index is -5.84. The highest BCUT2D eigenvalue weighted by Crippen LogP contribution is 2.42. The number of thiophene rings is 1. The average molecular weight is 432 g/mol. The van der Waals surface area contributed by atoms with Gasteiger partial charge in [-0.15, -0.1) is 11.3 Å². The molecule has 0 N–H and O–H groups in total. The molecule has 1 aromatic carbocycles. The Morgan fingerprint density at radius 3 is 2.71 bits per heavy atom. The van der Waals surface area contributed by atoms with E-state index in [1.165, 1.54) is 23.6 Å². The van der Waals surface area contributed by atoms with Gasteiger partial charge in [-0.25, -0.2) is 4.68 Å². The van der Waals surface area contributed by atoms with Crippen molar-refractivity contribution < 1.29 is 30.5 Å². The van der Waals surface area contributed by atoms with Crippen LogP contribution in [0.2, 0.25) is 0 Å². The summed E-state index contributed by atoms with van der Waals surface area (Å²) in [6.07, 6.45) is 3.53. The van der Waals surface area contributed by atoms with E-state index in [1.807, 2.05) is 0 Å². The maximum atomic E-state index is 12.9. The Hall–Kier alpha value is -2.11. The minimum Gasteiger partial charge on any atom is -0.375 e. The van der Waals surface area contributed by atoms with Gasteiger partial charge in [0.15, 0.2) is 12.0 Å². The van der Waals surface area contributed by atoms with Crippen molar-refractivity contribution in [3.05, 3.63) is 35.8 Å². The molecule has 4 rings (SSSR count). The highest BCUT2D eigenvalue weighted by Gasteiger charge is 2.49. The van der Waals surface area contributed by atoms with E-state index in [9.17, 15) is 21.6 Å². The molecule has 1 fully saturated rings. The summed E-state index contributed by atoms with van der Waals surface area (Å²) in [5.74, 6) is -0.390. The molecule has 1 atom stereocenters. The van der Waals surface area contributed by atoms with Gasteiger partial charge in [0.1, 0.15) is 0 Å². The fraction of sp³-hybridized carbons (Fsp3) is 0.353. The van der Waals surface area contributed by atoms with Crippen LogP contribution in [0.5, 0.6) is 5.75 Å². The third kappa shape index (κ3) is 3.38. The van der Waals surface area contributed by atoms with Gasteiger partial charge in [0.2, 0.25) is 0 Å². The maximum Gasteiger partial charge on any atom is 0.534 e. The quantitative estimate of drug-likeness (QED) is 0.442. The highest BCUT2D eigenvalue weighted by atomic mass is 32.2. The van der Waals surface area contributed by atoms with Gasteiger partial charge >= 0.3 is 15.6 Å². The van der Waals surface area contributed by atoms with Crippen molar-refractivity contribution in [3.8, 4) is 16.2 Å². The molecule has 28 heavy (non-hydrogen) atoms. The zero-order chi connectivity index (χ0) is 19.9. The summed E-state index contributed by atoms with van der Waals surface area (Å²) in [5.41, 5.74) is -4.84.